The van der Waals surface area contributed by atoms with Gasteiger partial charge in [-0.2, -0.15) is 0 Å². The minimum atomic E-state index is 0.524. The van der Waals surface area contributed by atoms with Crippen molar-refractivity contribution >= 4 is 6.29 Å². The van der Waals surface area contributed by atoms with Crippen molar-refractivity contribution in [3.63, 3.8) is 0 Å². The van der Waals surface area contributed by atoms with Crippen LogP contribution in [0.25, 0.3) is 0 Å². The Kier molecular flexibility index (Phi) is 5.40. The van der Waals surface area contributed by atoms with Crippen LogP contribution in [0.15, 0.2) is 18.2 Å². The van der Waals surface area contributed by atoms with Crippen molar-refractivity contribution in [3.05, 3.63) is 23.8 Å². The second-order valence-electron chi connectivity index (χ2n) is 3.58. The fourth-order valence-electron chi connectivity index (χ4n) is 1.44. The van der Waals surface area contributed by atoms with Crippen LogP contribution in [0.1, 0.15) is 36.5 Å². The van der Waals surface area contributed by atoms with Crippen molar-refractivity contribution < 1.29 is 14.3 Å². The van der Waals surface area contributed by atoms with Crippen LogP contribution in [0.2, 0.25) is 0 Å². The molecule has 0 aliphatic carbocycles. The zero-order chi connectivity index (χ0) is 11.8. The molecule has 0 radical (unpaired) electrons. The van der Waals surface area contributed by atoms with Crippen LogP contribution in [0.3, 0.4) is 0 Å². The van der Waals surface area contributed by atoms with Crippen LogP contribution in [-0.4, -0.2) is 20.0 Å². The summed E-state index contributed by atoms with van der Waals surface area (Å²) in [5.41, 5.74) is 0.524. The predicted molar refractivity (Wildman–Crippen MR) is 63.4 cm³/mol. The van der Waals surface area contributed by atoms with Gasteiger partial charge in [0.15, 0.2) is 6.29 Å². The highest BCUT2D eigenvalue weighted by Gasteiger charge is 2.03. The fraction of sp³-hybridized carbons (Fsp3) is 0.462. The summed E-state index contributed by atoms with van der Waals surface area (Å²) in [4.78, 5) is 10.8. The molecule has 16 heavy (non-hydrogen) atoms. The maximum Gasteiger partial charge on any atom is 0.153 e. The van der Waals surface area contributed by atoms with Crippen molar-refractivity contribution in [1.29, 1.82) is 0 Å². The monoisotopic (exact) mass is 222 g/mol. The quantitative estimate of drug-likeness (QED) is 0.525. The summed E-state index contributed by atoms with van der Waals surface area (Å²) in [5, 5.41) is 0. The molecule has 0 saturated heterocycles. The number of carbonyl (C=O) groups excluding carboxylic acids is 1. The molecule has 1 rings (SSSR count). The Hall–Kier alpha value is -1.51. The average molecular weight is 222 g/mol. The lowest BCUT2D eigenvalue weighted by atomic mass is 10.2. The van der Waals surface area contributed by atoms with Crippen LogP contribution in [-0.2, 0) is 0 Å². The molecule has 0 fully saturated rings. The van der Waals surface area contributed by atoms with E-state index in [1.807, 2.05) is 6.07 Å². The van der Waals surface area contributed by atoms with Gasteiger partial charge in [-0.05, 0) is 24.6 Å². The van der Waals surface area contributed by atoms with Crippen LogP contribution in [0.5, 0.6) is 11.5 Å². The third kappa shape index (κ3) is 3.57. The third-order valence-corrected chi connectivity index (χ3v) is 2.34. The summed E-state index contributed by atoms with van der Waals surface area (Å²) in [5.74, 6) is 1.30. The molecule has 0 aromatic heterocycles. The molecular formula is C13H18O3. The molecular weight excluding hydrogens is 204 g/mol. The van der Waals surface area contributed by atoms with Gasteiger partial charge < -0.3 is 9.47 Å². The van der Waals surface area contributed by atoms with E-state index in [4.69, 9.17) is 9.47 Å². The first-order valence-corrected chi connectivity index (χ1v) is 5.57. The molecule has 0 bridgehead atoms. The number of rotatable bonds is 7. The maximum atomic E-state index is 10.8. The number of hydrogen-bond acceptors (Lipinski definition) is 3. The summed E-state index contributed by atoms with van der Waals surface area (Å²) < 4.78 is 10.6. The Bertz CT molecular complexity index is 334. The van der Waals surface area contributed by atoms with Crippen molar-refractivity contribution in [3.8, 4) is 11.5 Å². The molecule has 0 saturated carbocycles. The summed E-state index contributed by atoms with van der Waals surface area (Å²) in [6, 6.07) is 5.27. The zero-order valence-electron chi connectivity index (χ0n) is 9.86. The molecule has 0 N–H and O–H groups in total. The number of carbonyl (C=O) groups is 1. The Morgan fingerprint density at radius 3 is 2.75 bits per heavy atom. The molecule has 3 nitrogen and oxygen atoms in total. The van der Waals surface area contributed by atoms with Crippen LogP contribution >= 0.6 is 0 Å². The van der Waals surface area contributed by atoms with Gasteiger partial charge in [-0.1, -0.05) is 19.8 Å². The number of benzene rings is 1. The highest BCUT2D eigenvalue weighted by molar-refractivity contribution is 5.80. The summed E-state index contributed by atoms with van der Waals surface area (Å²) in [6.07, 6.45) is 4.15. The third-order valence-electron chi connectivity index (χ3n) is 2.34. The summed E-state index contributed by atoms with van der Waals surface area (Å²) >= 11 is 0. The SMILES string of the molecule is CCCCCOc1ccc(OC)c(C=O)c1. The Morgan fingerprint density at radius 1 is 1.31 bits per heavy atom. The van der Waals surface area contributed by atoms with E-state index in [2.05, 4.69) is 6.92 Å². The van der Waals surface area contributed by atoms with Crippen molar-refractivity contribution in [2.75, 3.05) is 13.7 Å². The maximum absolute atomic E-state index is 10.8. The molecule has 1 aromatic carbocycles. The molecule has 0 heterocycles. The zero-order valence-corrected chi connectivity index (χ0v) is 9.86. The fourth-order valence-corrected chi connectivity index (χ4v) is 1.44. The van der Waals surface area contributed by atoms with E-state index in [1.165, 1.54) is 6.42 Å². The summed E-state index contributed by atoms with van der Waals surface area (Å²) in [7, 11) is 1.55. The molecule has 0 aliphatic heterocycles. The van der Waals surface area contributed by atoms with E-state index < -0.39 is 0 Å². The molecule has 0 unspecified atom stereocenters. The number of methoxy groups -OCH3 is 1. The van der Waals surface area contributed by atoms with E-state index in [-0.39, 0.29) is 0 Å². The topological polar surface area (TPSA) is 35.5 Å². The number of unbranched alkanes of at least 4 members (excludes halogenated alkanes) is 2. The lowest BCUT2D eigenvalue weighted by Gasteiger charge is -2.08. The van der Waals surface area contributed by atoms with Gasteiger partial charge in [-0.3, -0.25) is 4.79 Å². The largest absolute Gasteiger partial charge is 0.496 e. The predicted octanol–water partition coefficient (Wildman–Crippen LogP) is 3.08. The number of ether oxygens (including phenoxy) is 2. The highest BCUT2D eigenvalue weighted by Crippen LogP contribution is 2.22. The molecule has 3 heteroatoms. The highest BCUT2D eigenvalue weighted by atomic mass is 16.5. The van der Waals surface area contributed by atoms with Gasteiger partial charge in [0.1, 0.15) is 11.5 Å². The Morgan fingerprint density at radius 2 is 2.12 bits per heavy atom. The normalized spacial score (nSPS) is 9.88. The first kappa shape index (κ1) is 12.6. The van der Waals surface area contributed by atoms with Gasteiger partial charge in [-0.15, -0.1) is 0 Å². The second-order valence-corrected chi connectivity index (χ2v) is 3.58. The molecule has 0 atom stereocenters. The van der Waals surface area contributed by atoms with E-state index in [9.17, 15) is 4.79 Å². The summed E-state index contributed by atoms with van der Waals surface area (Å²) in [6.45, 7) is 2.84. The Balaban J connectivity index is 2.57. The number of aldehydes is 1. The van der Waals surface area contributed by atoms with Crippen molar-refractivity contribution in [2.45, 2.75) is 26.2 Å². The van der Waals surface area contributed by atoms with Crippen LogP contribution in [0.4, 0.5) is 0 Å². The first-order chi connectivity index (χ1) is 7.81. The Labute approximate surface area is 96.4 Å². The average Bonchev–Trinajstić information content (AvgIpc) is 2.34. The van der Waals surface area contributed by atoms with Crippen molar-refractivity contribution in [1.82, 2.24) is 0 Å². The van der Waals surface area contributed by atoms with Crippen LogP contribution in [0, 0.1) is 0 Å². The van der Waals surface area contributed by atoms with Gasteiger partial charge in [0.25, 0.3) is 0 Å². The number of hydrogen-bond donors (Lipinski definition) is 0. The standard InChI is InChI=1S/C13H18O3/c1-3-4-5-8-16-12-6-7-13(15-2)11(9-12)10-14/h6-7,9-10H,3-5,8H2,1-2H3. The minimum Gasteiger partial charge on any atom is -0.496 e. The van der Waals surface area contributed by atoms with E-state index in [0.29, 0.717) is 17.9 Å². The van der Waals surface area contributed by atoms with Gasteiger partial charge in [0.2, 0.25) is 0 Å². The van der Waals surface area contributed by atoms with Crippen molar-refractivity contribution in [2.24, 2.45) is 0 Å². The molecule has 0 spiro atoms. The second kappa shape index (κ2) is 6.88. The van der Waals surface area contributed by atoms with E-state index >= 15 is 0 Å². The lowest BCUT2D eigenvalue weighted by Crippen LogP contribution is -1.98. The smallest absolute Gasteiger partial charge is 0.153 e. The first-order valence-electron chi connectivity index (χ1n) is 5.57. The molecule has 0 aliphatic rings. The molecule has 0 amide bonds. The van der Waals surface area contributed by atoms with Gasteiger partial charge in [0.05, 0.1) is 19.3 Å². The van der Waals surface area contributed by atoms with E-state index in [1.54, 1.807) is 19.2 Å². The van der Waals surface area contributed by atoms with Gasteiger partial charge in [0, 0.05) is 0 Å². The molecule has 88 valence electrons. The van der Waals surface area contributed by atoms with E-state index in [0.717, 1.165) is 24.9 Å². The molecule has 1 aromatic rings. The van der Waals surface area contributed by atoms with Crippen LogP contribution < -0.4 is 9.47 Å². The van der Waals surface area contributed by atoms with Gasteiger partial charge in [-0.25, -0.2) is 0 Å². The lowest BCUT2D eigenvalue weighted by molar-refractivity contribution is 0.112. The van der Waals surface area contributed by atoms with Gasteiger partial charge >= 0.3 is 0 Å². The minimum absolute atomic E-state index is 0.524.